The Labute approximate surface area is 118 Å². The van der Waals surface area contributed by atoms with E-state index in [4.69, 9.17) is 4.74 Å². The second-order valence-corrected chi connectivity index (χ2v) is 4.41. The first-order chi connectivity index (χ1) is 9.76. The third-order valence-electron chi connectivity index (χ3n) is 3.00. The normalized spacial score (nSPS) is 12.2. The van der Waals surface area contributed by atoms with Gasteiger partial charge in [0, 0.05) is 11.8 Å². The molecule has 1 unspecified atom stereocenters. The molecule has 0 fully saturated rings. The van der Waals surface area contributed by atoms with Gasteiger partial charge >= 0.3 is 0 Å². The smallest absolute Gasteiger partial charge is 0.124 e. The second-order valence-electron chi connectivity index (χ2n) is 4.41. The zero-order valence-electron chi connectivity index (χ0n) is 11.6. The van der Waals surface area contributed by atoms with E-state index in [0.717, 1.165) is 24.2 Å². The SMILES string of the molecule is CCCNC(c1ccncn1)c1cc(F)ccc1OC. The van der Waals surface area contributed by atoms with Crippen LogP contribution in [0.2, 0.25) is 0 Å². The Kier molecular flexibility index (Phi) is 5.01. The lowest BCUT2D eigenvalue weighted by Crippen LogP contribution is -2.24. The second kappa shape index (κ2) is 6.96. The molecule has 1 N–H and O–H groups in total. The highest BCUT2D eigenvalue weighted by Gasteiger charge is 2.19. The summed E-state index contributed by atoms with van der Waals surface area (Å²) < 4.78 is 18.9. The molecule has 106 valence electrons. The summed E-state index contributed by atoms with van der Waals surface area (Å²) in [6.07, 6.45) is 4.13. The van der Waals surface area contributed by atoms with Gasteiger partial charge in [-0.15, -0.1) is 0 Å². The van der Waals surface area contributed by atoms with Crippen molar-refractivity contribution >= 4 is 0 Å². The highest BCUT2D eigenvalue weighted by atomic mass is 19.1. The summed E-state index contributed by atoms with van der Waals surface area (Å²) in [5.41, 5.74) is 1.52. The Bertz CT molecular complexity index is 548. The molecular weight excluding hydrogens is 257 g/mol. The van der Waals surface area contributed by atoms with Gasteiger partial charge in [0.05, 0.1) is 18.8 Å². The fraction of sp³-hybridized carbons (Fsp3) is 0.333. The first-order valence-corrected chi connectivity index (χ1v) is 6.59. The zero-order chi connectivity index (χ0) is 14.4. The Balaban J connectivity index is 2.43. The number of methoxy groups -OCH3 is 1. The van der Waals surface area contributed by atoms with E-state index in [2.05, 4.69) is 22.2 Å². The molecule has 0 spiro atoms. The Morgan fingerprint density at radius 1 is 1.35 bits per heavy atom. The molecule has 1 heterocycles. The van der Waals surface area contributed by atoms with Gasteiger partial charge in [-0.2, -0.15) is 0 Å². The van der Waals surface area contributed by atoms with Gasteiger partial charge < -0.3 is 10.1 Å². The van der Waals surface area contributed by atoms with Crippen LogP contribution in [-0.2, 0) is 0 Å². The summed E-state index contributed by atoms with van der Waals surface area (Å²) >= 11 is 0. The fourth-order valence-corrected chi connectivity index (χ4v) is 2.07. The van der Waals surface area contributed by atoms with Crippen molar-refractivity contribution in [1.29, 1.82) is 0 Å². The van der Waals surface area contributed by atoms with E-state index in [1.54, 1.807) is 19.4 Å². The topological polar surface area (TPSA) is 47.0 Å². The zero-order valence-corrected chi connectivity index (χ0v) is 11.6. The molecular formula is C15H18FN3O. The molecule has 5 heteroatoms. The standard InChI is InChI=1S/C15H18FN3O/c1-3-7-18-15(13-6-8-17-10-19-13)12-9-11(16)4-5-14(12)20-2/h4-6,8-10,15,18H,3,7H2,1-2H3. The molecule has 0 amide bonds. The molecule has 1 aromatic heterocycles. The van der Waals surface area contributed by atoms with Crippen LogP contribution in [0.15, 0.2) is 36.8 Å². The van der Waals surface area contributed by atoms with Crippen molar-refractivity contribution < 1.29 is 9.13 Å². The van der Waals surface area contributed by atoms with E-state index < -0.39 is 0 Å². The lowest BCUT2D eigenvalue weighted by atomic mass is 10.0. The van der Waals surface area contributed by atoms with Crippen LogP contribution in [0.5, 0.6) is 5.75 Å². The number of benzene rings is 1. The van der Waals surface area contributed by atoms with Gasteiger partial charge in [0.15, 0.2) is 0 Å². The maximum absolute atomic E-state index is 13.6. The van der Waals surface area contributed by atoms with Crippen molar-refractivity contribution in [3.8, 4) is 5.75 Å². The van der Waals surface area contributed by atoms with Gasteiger partial charge in [-0.1, -0.05) is 6.92 Å². The number of halogens is 1. The van der Waals surface area contributed by atoms with E-state index in [1.807, 2.05) is 6.07 Å². The van der Waals surface area contributed by atoms with E-state index in [-0.39, 0.29) is 11.9 Å². The minimum Gasteiger partial charge on any atom is -0.496 e. The van der Waals surface area contributed by atoms with Crippen LogP contribution in [0.1, 0.15) is 30.6 Å². The van der Waals surface area contributed by atoms with Crippen LogP contribution in [0.3, 0.4) is 0 Å². The van der Waals surface area contributed by atoms with Crippen LogP contribution in [0, 0.1) is 5.82 Å². The number of hydrogen-bond donors (Lipinski definition) is 1. The van der Waals surface area contributed by atoms with Gasteiger partial charge in [-0.05, 0) is 37.2 Å². The number of ether oxygens (including phenoxy) is 1. The molecule has 0 radical (unpaired) electrons. The van der Waals surface area contributed by atoms with Crippen LogP contribution < -0.4 is 10.1 Å². The summed E-state index contributed by atoms with van der Waals surface area (Å²) in [7, 11) is 1.58. The van der Waals surface area contributed by atoms with Crippen LogP contribution in [-0.4, -0.2) is 23.6 Å². The van der Waals surface area contributed by atoms with E-state index >= 15 is 0 Å². The lowest BCUT2D eigenvalue weighted by Gasteiger charge is -2.20. The first kappa shape index (κ1) is 14.4. The highest BCUT2D eigenvalue weighted by Crippen LogP contribution is 2.29. The first-order valence-electron chi connectivity index (χ1n) is 6.59. The summed E-state index contributed by atoms with van der Waals surface area (Å²) in [5.74, 6) is 0.344. The molecule has 0 aliphatic heterocycles. The molecule has 0 bridgehead atoms. The van der Waals surface area contributed by atoms with Crippen molar-refractivity contribution in [2.75, 3.05) is 13.7 Å². The Hall–Kier alpha value is -2.01. The van der Waals surface area contributed by atoms with Crippen LogP contribution in [0.4, 0.5) is 4.39 Å². The molecule has 1 atom stereocenters. The monoisotopic (exact) mass is 275 g/mol. The number of nitrogens with one attached hydrogen (secondary N) is 1. The van der Waals surface area contributed by atoms with Gasteiger partial charge in [-0.3, -0.25) is 0 Å². The average molecular weight is 275 g/mol. The third kappa shape index (κ3) is 3.30. The largest absolute Gasteiger partial charge is 0.496 e. The molecule has 2 rings (SSSR count). The van der Waals surface area contributed by atoms with Crippen molar-refractivity contribution in [1.82, 2.24) is 15.3 Å². The average Bonchev–Trinajstić information content (AvgIpc) is 2.49. The number of aromatic nitrogens is 2. The molecule has 0 aliphatic rings. The molecule has 1 aromatic carbocycles. The summed E-state index contributed by atoms with van der Waals surface area (Å²) in [6.45, 7) is 2.88. The molecule has 0 aliphatic carbocycles. The summed E-state index contributed by atoms with van der Waals surface area (Å²) in [5, 5.41) is 3.37. The van der Waals surface area contributed by atoms with Crippen molar-refractivity contribution in [2.45, 2.75) is 19.4 Å². The van der Waals surface area contributed by atoms with E-state index in [9.17, 15) is 4.39 Å². The third-order valence-corrected chi connectivity index (χ3v) is 3.00. The maximum atomic E-state index is 13.6. The minimum atomic E-state index is -0.293. The van der Waals surface area contributed by atoms with Gasteiger partial charge in [0.25, 0.3) is 0 Å². The lowest BCUT2D eigenvalue weighted by molar-refractivity contribution is 0.401. The highest BCUT2D eigenvalue weighted by molar-refractivity contribution is 5.40. The van der Waals surface area contributed by atoms with Crippen LogP contribution in [0.25, 0.3) is 0 Å². The van der Waals surface area contributed by atoms with Gasteiger partial charge in [-0.25, -0.2) is 14.4 Å². The van der Waals surface area contributed by atoms with Crippen molar-refractivity contribution in [3.05, 3.63) is 53.9 Å². The van der Waals surface area contributed by atoms with E-state index in [1.165, 1.54) is 18.5 Å². The predicted molar refractivity (Wildman–Crippen MR) is 75.1 cm³/mol. The molecule has 4 nitrogen and oxygen atoms in total. The quantitative estimate of drug-likeness (QED) is 0.880. The minimum absolute atomic E-state index is 0.219. The molecule has 2 aromatic rings. The molecule has 20 heavy (non-hydrogen) atoms. The Morgan fingerprint density at radius 3 is 2.85 bits per heavy atom. The molecule has 0 saturated carbocycles. The van der Waals surface area contributed by atoms with Crippen molar-refractivity contribution in [2.24, 2.45) is 0 Å². The predicted octanol–water partition coefficient (Wildman–Crippen LogP) is 2.71. The van der Waals surface area contributed by atoms with E-state index in [0.29, 0.717) is 5.75 Å². The Morgan fingerprint density at radius 2 is 2.20 bits per heavy atom. The maximum Gasteiger partial charge on any atom is 0.124 e. The number of rotatable bonds is 6. The number of nitrogens with zero attached hydrogens (tertiary/aromatic N) is 2. The summed E-state index contributed by atoms with van der Waals surface area (Å²) in [6, 6.07) is 6.10. The van der Waals surface area contributed by atoms with Crippen LogP contribution >= 0.6 is 0 Å². The van der Waals surface area contributed by atoms with Gasteiger partial charge in [0.2, 0.25) is 0 Å². The summed E-state index contributed by atoms with van der Waals surface area (Å²) in [4.78, 5) is 8.18. The number of hydrogen-bond acceptors (Lipinski definition) is 4. The van der Waals surface area contributed by atoms with Gasteiger partial charge in [0.1, 0.15) is 17.9 Å². The fourth-order valence-electron chi connectivity index (χ4n) is 2.07. The van der Waals surface area contributed by atoms with Crippen molar-refractivity contribution in [3.63, 3.8) is 0 Å². The molecule has 0 saturated heterocycles.